The zero-order chi connectivity index (χ0) is 10.4. The Morgan fingerprint density at radius 2 is 2.07 bits per heavy atom. The van der Waals surface area contributed by atoms with Crippen molar-refractivity contribution < 1.29 is 9.47 Å². The summed E-state index contributed by atoms with van der Waals surface area (Å²) in [6.45, 7) is 3.09. The van der Waals surface area contributed by atoms with E-state index >= 15 is 0 Å². The van der Waals surface area contributed by atoms with Gasteiger partial charge in [-0.1, -0.05) is 0 Å². The summed E-state index contributed by atoms with van der Waals surface area (Å²) in [5.41, 5.74) is 5.52. The van der Waals surface area contributed by atoms with E-state index in [1.165, 1.54) is 0 Å². The van der Waals surface area contributed by atoms with Crippen LogP contribution in [0.1, 0.15) is 12.8 Å². The van der Waals surface area contributed by atoms with E-state index < -0.39 is 0 Å². The lowest BCUT2D eigenvalue weighted by atomic mass is 10.2. The third-order valence-corrected chi connectivity index (χ3v) is 2.44. The molecule has 0 aromatic rings. The van der Waals surface area contributed by atoms with Gasteiger partial charge < -0.3 is 20.1 Å². The molecule has 1 saturated heterocycles. The first kappa shape index (κ1) is 11.9. The molecule has 1 aliphatic heterocycles. The van der Waals surface area contributed by atoms with Crippen molar-refractivity contribution in [2.75, 3.05) is 40.4 Å². The molecule has 0 aromatic carbocycles. The first-order valence-electron chi connectivity index (χ1n) is 5.30. The van der Waals surface area contributed by atoms with Crippen molar-refractivity contribution in [2.45, 2.75) is 25.0 Å². The van der Waals surface area contributed by atoms with Gasteiger partial charge >= 0.3 is 0 Å². The van der Waals surface area contributed by atoms with Gasteiger partial charge in [-0.05, 0) is 26.9 Å². The van der Waals surface area contributed by atoms with Crippen LogP contribution in [0.3, 0.4) is 0 Å². The Hall–Kier alpha value is -0.160. The summed E-state index contributed by atoms with van der Waals surface area (Å²) in [4.78, 5) is 2.11. The number of hydrogen-bond acceptors (Lipinski definition) is 4. The molecule has 0 aliphatic carbocycles. The highest BCUT2D eigenvalue weighted by Crippen LogP contribution is 2.18. The second-order valence-corrected chi connectivity index (χ2v) is 4.07. The lowest BCUT2D eigenvalue weighted by Crippen LogP contribution is -2.24. The van der Waals surface area contributed by atoms with Gasteiger partial charge in [0.25, 0.3) is 0 Å². The average molecular weight is 202 g/mol. The Labute approximate surface area is 86.3 Å². The Kier molecular flexibility index (Phi) is 5.40. The fourth-order valence-corrected chi connectivity index (χ4v) is 1.54. The van der Waals surface area contributed by atoms with Crippen LogP contribution in [0.2, 0.25) is 0 Å². The maximum Gasteiger partial charge on any atom is 0.0813 e. The molecule has 2 atom stereocenters. The van der Waals surface area contributed by atoms with Crippen molar-refractivity contribution in [1.29, 1.82) is 0 Å². The fourth-order valence-electron chi connectivity index (χ4n) is 1.54. The Morgan fingerprint density at radius 1 is 1.36 bits per heavy atom. The number of likely N-dealkylation sites (N-methyl/N-ethyl adjacent to an activating group) is 1. The minimum atomic E-state index is 0.262. The minimum absolute atomic E-state index is 0.262. The van der Waals surface area contributed by atoms with Gasteiger partial charge in [0.2, 0.25) is 0 Å². The van der Waals surface area contributed by atoms with Gasteiger partial charge in [-0.3, -0.25) is 0 Å². The topological polar surface area (TPSA) is 47.7 Å². The van der Waals surface area contributed by atoms with Gasteiger partial charge in [-0.15, -0.1) is 0 Å². The van der Waals surface area contributed by atoms with Crippen LogP contribution in [0.5, 0.6) is 0 Å². The Bertz CT molecular complexity index is 153. The maximum atomic E-state index is 5.65. The van der Waals surface area contributed by atoms with E-state index in [2.05, 4.69) is 4.90 Å². The summed E-state index contributed by atoms with van der Waals surface area (Å²) >= 11 is 0. The summed E-state index contributed by atoms with van der Waals surface area (Å²) in [6.07, 6.45) is 2.70. The highest BCUT2D eigenvalue weighted by Gasteiger charge is 2.23. The van der Waals surface area contributed by atoms with Crippen LogP contribution in [0.4, 0.5) is 0 Å². The third kappa shape index (κ3) is 4.37. The number of nitrogens with zero attached hydrogens (tertiary/aromatic N) is 1. The molecule has 1 aliphatic rings. The molecule has 4 heteroatoms. The molecule has 0 bridgehead atoms. The van der Waals surface area contributed by atoms with Gasteiger partial charge in [0.15, 0.2) is 0 Å². The van der Waals surface area contributed by atoms with E-state index in [9.17, 15) is 0 Å². The minimum Gasteiger partial charge on any atom is -0.377 e. The quantitative estimate of drug-likeness (QED) is 0.619. The monoisotopic (exact) mass is 202 g/mol. The molecule has 0 amide bonds. The molecule has 0 spiro atoms. The second kappa shape index (κ2) is 6.35. The molecule has 1 fully saturated rings. The zero-order valence-corrected chi connectivity index (χ0v) is 9.24. The second-order valence-electron chi connectivity index (χ2n) is 4.07. The lowest BCUT2D eigenvalue weighted by molar-refractivity contribution is -0.0142. The highest BCUT2D eigenvalue weighted by atomic mass is 16.5. The smallest absolute Gasteiger partial charge is 0.0813 e. The first-order chi connectivity index (χ1) is 6.72. The van der Waals surface area contributed by atoms with Crippen LogP contribution in [0.15, 0.2) is 0 Å². The molecule has 0 radical (unpaired) electrons. The van der Waals surface area contributed by atoms with E-state index in [1.807, 2.05) is 14.1 Å². The normalized spacial score (nSPS) is 27.4. The molecule has 1 heterocycles. The fraction of sp³-hybridized carbons (Fsp3) is 1.00. The molecule has 2 N–H and O–H groups in total. The number of ether oxygens (including phenoxy) is 2. The molecule has 1 rings (SSSR count). The Balaban J connectivity index is 1.97. The number of rotatable bonds is 6. The van der Waals surface area contributed by atoms with Gasteiger partial charge in [0.05, 0.1) is 25.4 Å². The van der Waals surface area contributed by atoms with Gasteiger partial charge in [-0.2, -0.15) is 0 Å². The van der Waals surface area contributed by atoms with Crippen molar-refractivity contribution in [3.05, 3.63) is 0 Å². The molecule has 0 aromatic heterocycles. The maximum absolute atomic E-state index is 5.65. The Morgan fingerprint density at radius 3 is 2.64 bits per heavy atom. The molecular formula is C10H22N2O2. The summed E-state index contributed by atoms with van der Waals surface area (Å²) in [7, 11) is 4.08. The number of nitrogens with two attached hydrogens (primary N) is 1. The average Bonchev–Trinajstić information content (AvgIpc) is 2.60. The van der Waals surface area contributed by atoms with Crippen molar-refractivity contribution in [1.82, 2.24) is 4.90 Å². The van der Waals surface area contributed by atoms with Crippen LogP contribution in [-0.2, 0) is 9.47 Å². The van der Waals surface area contributed by atoms with Gasteiger partial charge in [-0.25, -0.2) is 0 Å². The van der Waals surface area contributed by atoms with E-state index in [0.717, 1.165) is 26.0 Å². The van der Waals surface area contributed by atoms with E-state index in [1.54, 1.807) is 0 Å². The zero-order valence-electron chi connectivity index (χ0n) is 9.24. The summed E-state index contributed by atoms with van der Waals surface area (Å²) in [6, 6.07) is 0. The molecule has 2 unspecified atom stereocenters. The van der Waals surface area contributed by atoms with Crippen LogP contribution < -0.4 is 5.73 Å². The largest absolute Gasteiger partial charge is 0.377 e. The van der Waals surface area contributed by atoms with Crippen LogP contribution in [0, 0.1) is 0 Å². The summed E-state index contributed by atoms with van der Waals surface area (Å²) in [5, 5.41) is 0. The van der Waals surface area contributed by atoms with E-state index in [0.29, 0.717) is 13.2 Å². The molecular weight excluding hydrogens is 180 g/mol. The predicted molar refractivity (Wildman–Crippen MR) is 56.3 cm³/mol. The summed E-state index contributed by atoms with van der Waals surface area (Å²) in [5.74, 6) is 0. The predicted octanol–water partition coefficient (Wildman–Crippen LogP) is 0.0709. The van der Waals surface area contributed by atoms with E-state index in [-0.39, 0.29) is 12.2 Å². The summed E-state index contributed by atoms with van der Waals surface area (Å²) < 4.78 is 11.2. The molecule has 84 valence electrons. The van der Waals surface area contributed by atoms with Crippen molar-refractivity contribution in [3.8, 4) is 0 Å². The van der Waals surface area contributed by atoms with Crippen LogP contribution in [-0.4, -0.2) is 57.5 Å². The lowest BCUT2D eigenvalue weighted by Gasteiger charge is -2.14. The SMILES string of the molecule is CN(C)CCOCC1CCC(CN)O1. The third-order valence-electron chi connectivity index (χ3n) is 2.44. The van der Waals surface area contributed by atoms with E-state index in [4.69, 9.17) is 15.2 Å². The van der Waals surface area contributed by atoms with Gasteiger partial charge in [0.1, 0.15) is 0 Å². The standard InChI is InChI=1S/C10H22N2O2/c1-12(2)5-6-13-8-10-4-3-9(7-11)14-10/h9-10H,3-8,11H2,1-2H3. The van der Waals surface area contributed by atoms with Crippen molar-refractivity contribution in [3.63, 3.8) is 0 Å². The molecule has 14 heavy (non-hydrogen) atoms. The van der Waals surface area contributed by atoms with Crippen molar-refractivity contribution in [2.24, 2.45) is 5.73 Å². The highest BCUT2D eigenvalue weighted by molar-refractivity contribution is 4.73. The van der Waals surface area contributed by atoms with Crippen LogP contribution in [0.25, 0.3) is 0 Å². The van der Waals surface area contributed by atoms with Gasteiger partial charge in [0, 0.05) is 13.1 Å². The number of hydrogen-bond donors (Lipinski definition) is 1. The molecule has 0 saturated carbocycles. The van der Waals surface area contributed by atoms with Crippen molar-refractivity contribution >= 4 is 0 Å². The first-order valence-corrected chi connectivity index (χ1v) is 5.30. The van der Waals surface area contributed by atoms with Crippen LogP contribution >= 0.6 is 0 Å². The molecule has 4 nitrogen and oxygen atoms in total.